The molecule has 10 heteroatoms. The summed E-state index contributed by atoms with van der Waals surface area (Å²) in [6, 6.07) is 8.91. The van der Waals surface area contributed by atoms with Gasteiger partial charge in [0.1, 0.15) is 32.3 Å². The van der Waals surface area contributed by atoms with E-state index in [4.69, 9.17) is 9.15 Å². The fourth-order valence-corrected chi connectivity index (χ4v) is 8.44. The summed E-state index contributed by atoms with van der Waals surface area (Å²) in [5.74, 6) is 2.92. The highest BCUT2D eigenvalue weighted by molar-refractivity contribution is 7.99. The quantitative estimate of drug-likeness (QED) is 0.0694. The largest absolute Gasteiger partial charge is 1.00 e. The molecule has 47 heavy (non-hydrogen) atoms. The van der Waals surface area contributed by atoms with Gasteiger partial charge in [-0.2, -0.15) is 0 Å². The Morgan fingerprint density at radius 1 is 0.681 bits per heavy atom. The van der Waals surface area contributed by atoms with Crippen LogP contribution in [0.4, 0.5) is 0 Å². The topological polar surface area (TPSA) is 57.9 Å². The molecule has 8 nitrogen and oxygen atoms in total. The zero-order chi connectivity index (χ0) is 31.7. The van der Waals surface area contributed by atoms with Crippen molar-refractivity contribution >= 4 is 11.8 Å². The van der Waals surface area contributed by atoms with Crippen molar-refractivity contribution in [3.05, 3.63) is 35.7 Å². The summed E-state index contributed by atoms with van der Waals surface area (Å²) in [6.07, 6.45) is 24.7. The van der Waals surface area contributed by atoms with Crippen LogP contribution in [-0.4, -0.2) is 81.8 Å². The minimum absolute atomic E-state index is 0. The van der Waals surface area contributed by atoms with Crippen LogP contribution in [0.2, 0.25) is 0 Å². The average molecular weight is 691 g/mol. The van der Waals surface area contributed by atoms with Gasteiger partial charge in [0.2, 0.25) is 5.89 Å². The van der Waals surface area contributed by atoms with E-state index in [0.717, 1.165) is 79.5 Å². The maximum Gasteiger partial charge on any atom is 0.276 e. The Morgan fingerprint density at radius 2 is 1.21 bits per heavy atom. The normalized spacial score (nSPS) is 22.9. The first-order valence-corrected chi connectivity index (χ1v) is 19.9. The predicted octanol–water partition coefficient (Wildman–Crippen LogP) is 5.84. The van der Waals surface area contributed by atoms with Crippen LogP contribution in [0.3, 0.4) is 0 Å². The van der Waals surface area contributed by atoms with Crippen molar-refractivity contribution in [2.75, 3.05) is 52.4 Å². The van der Waals surface area contributed by atoms with Crippen LogP contribution in [0.15, 0.2) is 33.9 Å². The number of unbranched alkanes of at least 4 members (excludes halogenated alkanes) is 16. The van der Waals surface area contributed by atoms with Gasteiger partial charge in [-0.1, -0.05) is 115 Å². The first kappa shape index (κ1) is 38.4. The predicted molar refractivity (Wildman–Crippen MR) is 188 cm³/mol. The molecular formula is C37H63ClN6O2S. The third kappa shape index (κ3) is 13.8. The molecule has 0 spiro atoms. The number of halogens is 1. The highest BCUT2D eigenvalue weighted by Crippen LogP contribution is 2.31. The summed E-state index contributed by atoms with van der Waals surface area (Å²) < 4.78 is 13.1. The van der Waals surface area contributed by atoms with Gasteiger partial charge in [-0.05, 0) is 43.5 Å². The molecule has 0 amide bonds. The first-order valence-electron chi connectivity index (χ1n) is 18.9. The van der Waals surface area contributed by atoms with Gasteiger partial charge in [0.25, 0.3) is 5.22 Å². The van der Waals surface area contributed by atoms with Crippen molar-refractivity contribution in [1.29, 1.82) is 0 Å². The highest BCUT2D eigenvalue weighted by Gasteiger charge is 2.48. The van der Waals surface area contributed by atoms with Crippen LogP contribution in [0, 0.1) is 0 Å². The van der Waals surface area contributed by atoms with Crippen molar-refractivity contribution in [3.63, 3.8) is 0 Å². The van der Waals surface area contributed by atoms with E-state index in [0.29, 0.717) is 0 Å². The van der Waals surface area contributed by atoms with Crippen molar-refractivity contribution < 1.29 is 26.0 Å². The summed E-state index contributed by atoms with van der Waals surface area (Å²) in [4.78, 5) is 7.75. The number of benzene rings is 1. The molecule has 4 fully saturated rings. The molecule has 0 saturated carbocycles. The zero-order valence-electron chi connectivity index (χ0n) is 29.4. The zero-order valence-corrected chi connectivity index (χ0v) is 31.0. The molecule has 266 valence electrons. The van der Waals surface area contributed by atoms with Gasteiger partial charge in [0.15, 0.2) is 0 Å². The van der Waals surface area contributed by atoms with Crippen molar-refractivity contribution in [2.45, 2.75) is 141 Å². The van der Waals surface area contributed by atoms with Crippen LogP contribution < -0.4 is 17.1 Å². The molecule has 1 aromatic heterocycles. The van der Waals surface area contributed by atoms with Crippen LogP contribution >= 0.6 is 11.8 Å². The van der Waals surface area contributed by atoms with Gasteiger partial charge in [0, 0.05) is 17.7 Å². The Labute approximate surface area is 296 Å². The number of nitrogens with zero attached hydrogens (tertiary/aromatic N) is 6. The molecular weight excluding hydrogens is 628 g/mol. The lowest BCUT2D eigenvalue weighted by Crippen LogP contribution is -3.00. The van der Waals surface area contributed by atoms with Gasteiger partial charge in [-0.3, -0.25) is 4.48 Å². The summed E-state index contributed by atoms with van der Waals surface area (Å²) >= 11 is 1.73. The summed E-state index contributed by atoms with van der Waals surface area (Å²) in [6.45, 7) is 11.2. The Hall–Kier alpha value is -1.36. The van der Waals surface area contributed by atoms with Crippen molar-refractivity contribution in [1.82, 2.24) is 24.9 Å². The number of hydrogen-bond acceptors (Lipinski definition) is 8. The van der Waals surface area contributed by atoms with Gasteiger partial charge >= 0.3 is 0 Å². The van der Waals surface area contributed by atoms with Gasteiger partial charge in [0.05, 0.1) is 26.6 Å². The Bertz CT molecular complexity index is 1070. The van der Waals surface area contributed by atoms with Crippen molar-refractivity contribution in [2.24, 2.45) is 0 Å². The standard InChI is InChI=1S/C37H63N6O2S.ClH/c1-2-3-4-5-6-7-10-13-16-19-26-46-37-39-38-36(45-37)20-17-14-11-8-9-12-15-18-25-44-35-23-21-34(22-24-35)27-43-31-40-28-41(32-43)30-42(29-40)33-43;/h21-24H,2-20,25-33H2,1H3;1H/q+1;/p-1. The van der Waals surface area contributed by atoms with E-state index in [2.05, 4.69) is 56.1 Å². The van der Waals surface area contributed by atoms with E-state index in [1.54, 1.807) is 11.8 Å². The minimum Gasteiger partial charge on any atom is -1.00 e. The number of ether oxygens (including phenoxy) is 1. The highest BCUT2D eigenvalue weighted by atomic mass is 35.5. The summed E-state index contributed by atoms with van der Waals surface area (Å²) in [5, 5.41) is 9.28. The number of aryl methyl sites for hydroxylation is 1. The molecule has 4 aliphatic heterocycles. The molecule has 0 N–H and O–H groups in total. The number of thioether (sulfide) groups is 1. The molecule has 2 aromatic rings. The lowest BCUT2D eigenvalue weighted by Gasteiger charge is -2.60. The van der Waals surface area contributed by atoms with E-state index in [9.17, 15) is 0 Å². The van der Waals surface area contributed by atoms with Gasteiger partial charge < -0.3 is 21.6 Å². The molecule has 6 rings (SSSR count). The van der Waals surface area contributed by atoms with E-state index in [-0.39, 0.29) is 12.4 Å². The second-order valence-corrected chi connectivity index (χ2v) is 15.5. The maximum absolute atomic E-state index is 6.06. The Morgan fingerprint density at radius 3 is 1.81 bits per heavy atom. The summed E-state index contributed by atoms with van der Waals surface area (Å²) in [5.41, 5.74) is 1.42. The van der Waals surface area contributed by atoms with E-state index in [1.807, 2.05) is 0 Å². The van der Waals surface area contributed by atoms with Crippen LogP contribution in [-0.2, 0) is 13.0 Å². The molecule has 4 aliphatic rings. The average Bonchev–Trinajstić information content (AvgIpc) is 3.50. The molecule has 0 aliphatic carbocycles. The van der Waals surface area contributed by atoms with Gasteiger partial charge in [-0.15, -0.1) is 10.2 Å². The second kappa shape index (κ2) is 21.7. The van der Waals surface area contributed by atoms with Crippen LogP contribution in [0.1, 0.15) is 134 Å². The molecule has 0 unspecified atom stereocenters. The Kier molecular flexibility index (Phi) is 17.7. The van der Waals surface area contributed by atoms with E-state index >= 15 is 0 Å². The van der Waals surface area contributed by atoms with E-state index < -0.39 is 0 Å². The molecule has 4 bridgehead atoms. The number of aromatic nitrogens is 2. The van der Waals surface area contributed by atoms with Gasteiger partial charge in [-0.25, -0.2) is 14.7 Å². The van der Waals surface area contributed by atoms with Crippen molar-refractivity contribution in [3.8, 4) is 5.75 Å². The van der Waals surface area contributed by atoms with Crippen LogP contribution in [0.5, 0.6) is 5.75 Å². The lowest BCUT2D eigenvalue weighted by molar-refractivity contribution is -0.991. The number of quaternary nitrogens is 1. The molecule has 4 saturated heterocycles. The minimum atomic E-state index is 0. The maximum atomic E-state index is 6.06. The third-order valence-electron chi connectivity index (χ3n) is 9.87. The molecule has 0 radical (unpaired) electrons. The lowest BCUT2D eigenvalue weighted by atomic mass is 10.1. The Balaban J connectivity index is 0.00000500. The fourth-order valence-electron chi connectivity index (χ4n) is 7.66. The fraction of sp³-hybridized carbons (Fsp3) is 0.784. The third-order valence-corrected chi connectivity index (χ3v) is 10.8. The smallest absolute Gasteiger partial charge is 0.276 e. The number of hydrogen-bond donors (Lipinski definition) is 0. The molecule has 5 heterocycles. The monoisotopic (exact) mass is 690 g/mol. The molecule has 1 aromatic carbocycles. The second-order valence-electron chi connectivity index (χ2n) is 14.4. The summed E-state index contributed by atoms with van der Waals surface area (Å²) in [7, 11) is 0. The molecule has 0 atom stereocenters. The van der Waals surface area contributed by atoms with E-state index in [1.165, 1.54) is 128 Å². The van der Waals surface area contributed by atoms with Crippen LogP contribution in [0.25, 0.3) is 0 Å². The first-order chi connectivity index (χ1) is 22.7. The number of rotatable bonds is 26. The SMILES string of the molecule is CCCCCCCCCCCCSc1nnc(CCCCCCCCCCOc2ccc(C[N+]34CN5CN(CN(C5)C3)C4)cc2)o1.[Cl-].